The molecular formula is C11H9N2O4S-. The van der Waals surface area contributed by atoms with Gasteiger partial charge in [0.25, 0.3) is 5.24 Å². The van der Waals surface area contributed by atoms with E-state index in [4.69, 9.17) is 0 Å². The predicted molar refractivity (Wildman–Crippen MR) is 64.0 cm³/mol. The fourth-order valence-corrected chi connectivity index (χ4v) is 2.15. The standard InChI is InChI=1S/C11H10N2O4S/c14-9-5-18-11(17)13(9)6-12-8-3-1-7(2-4-8)10(15)16/h1-4,12H,5-6H2,(H,15,16)/p-1. The number of rotatable bonds is 4. The van der Waals surface area contributed by atoms with E-state index in [0.29, 0.717) is 5.69 Å². The molecular weight excluding hydrogens is 256 g/mol. The van der Waals surface area contributed by atoms with Crippen LogP contribution in [0.1, 0.15) is 10.4 Å². The number of hydrogen-bond donors (Lipinski definition) is 1. The average Bonchev–Trinajstić information content (AvgIpc) is 2.67. The van der Waals surface area contributed by atoms with Gasteiger partial charge in [-0.1, -0.05) is 23.9 Å². The van der Waals surface area contributed by atoms with E-state index in [1.807, 2.05) is 0 Å². The molecule has 1 N–H and O–H groups in total. The Hall–Kier alpha value is -2.02. The maximum absolute atomic E-state index is 11.3. The number of carbonyl (C=O) groups excluding carboxylic acids is 3. The first-order chi connectivity index (χ1) is 8.58. The SMILES string of the molecule is O=C([O-])c1ccc(NCN2C(=O)CSC2=O)cc1. The Morgan fingerprint density at radius 1 is 1.33 bits per heavy atom. The molecule has 1 aromatic carbocycles. The highest BCUT2D eigenvalue weighted by Gasteiger charge is 2.29. The van der Waals surface area contributed by atoms with Crippen molar-refractivity contribution in [2.45, 2.75) is 0 Å². The second-order valence-electron chi connectivity index (χ2n) is 3.58. The Morgan fingerprint density at radius 2 is 2.00 bits per heavy atom. The number of carboxylic acid groups (broad SMARTS) is 1. The number of benzene rings is 1. The molecule has 0 spiro atoms. The molecule has 2 rings (SSSR count). The van der Waals surface area contributed by atoms with Crippen LogP contribution in [0.2, 0.25) is 0 Å². The first-order valence-corrected chi connectivity index (χ1v) is 6.09. The summed E-state index contributed by atoms with van der Waals surface area (Å²) in [6.45, 7) is 0.0787. The fourth-order valence-electron chi connectivity index (χ4n) is 1.43. The lowest BCUT2D eigenvalue weighted by molar-refractivity contribution is -0.255. The van der Waals surface area contributed by atoms with Crippen LogP contribution >= 0.6 is 11.8 Å². The van der Waals surface area contributed by atoms with Gasteiger partial charge in [0.05, 0.1) is 18.4 Å². The molecule has 94 valence electrons. The van der Waals surface area contributed by atoms with Crippen LogP contribution in [-0.4, -0.2) is 34.4 Å². The number of anilines is 1. The molecule has 1 aliphatic rings. The number of nitrogens with one attached hydrogen (secondary N) is 1. The first-order valence-electron chi connectivity index (χ1n) is 5.10. The van der Waals surface area contributed by atoms with Gasteiger partial charge in [0.1, 0.15) is 0 Å². The minimum atomic E-state index is -1.25. The van der Waals surface area contributed by atoms with Gasteiger partial charge in [0.2, 0.25) is 5.91 Å². The molecule has 1 aromatic rings. The normalized spacial score (nSPS) is 15.0. The van der Waals surface area contributed by atoms with Crippen molar-refractivity contribution in [3.63, 3.8) is 0 Å². The number of aromatic carboxylic acids is 1. The average molecular weight is 265 g/mol. The van der Waals surface area contributed by atoms with Crippen LogP contribution in [0.15, 0.2) is 24.3 Å². The third-order valence-corrected chi connectivity index (χ3v) is 3.26. The Morgan fingerprint density at radius 3 is 2.50 bits per heavy atom. The Balaban J connectivity index is 1.96. The Kier molecular flexibility index (Phi) is 3.52. The molecule has 0 aromatic heterocycles. The number of imide groups is 1. The third-order valence-electron chi connectivity index (χ3n) is 2.40. The fraction of sp³-hybridized carbons (Fsp3) is 0.182. The number of amides is 2. The summed E-state index contributed by atoms with van der Waals surface area (Å²) in [5, 5.41) is 13.1. The number of carbonyl (C=O) groups is 3. The molecule has 7 heteroatoms. The topological polar surface area (TPSA) is 89.5 Å². The van der Waals surface area contributed by atoms with Gasteiger partial charge >= 0.3 is 0 Å². The Labute approximate surface area is 107 Å². The number of thioether (sulfide) groups is 1. The van der Waals surface area contributed by atoms with E-state index in [2.05, 4.69) is 5.32 Å². The molecule has 0 radical (unpaired) electrons. The summed E-state index contributed by atoms with van der Waals surface area (Å²) in [5.41, 5.74) is 0.696. The van der Waals surface area contributed by atoms with E-state index in [1.54, 1.807) is 12.1 Å². The van der Waals surface area contributed by atoms with E-state index in [9.17, 15) is 19.5 Å². The maximum atomic E-state index is 11.3. The quantitative estimate of drug-likeness (QED) is 0.831. The van der Waals surface area contributed by atoms with Crippen LogP contribution in [0.5, 0.6) is 0 Å². The largest absolute Gasteiger partial charge is 0.545 e. The number of nitrogens with zero attached hydrogens (tertiary/aromatic N) is 1. The van der Waals surface area contributed by atoms with E-state index in [1.165, 1.54) is 12.1 Å². The highest BCUT2D eigenvalue weighted by Crippen LogP contribution is 2.18. The van der Waals surface area contributed by atoms with Crippen molar-refractivity contribution < 1.29 is 19.5 Å². The summed E-state index contributed by atoms with van der Waals surface area (Å²) in [4.78, 5) is 34.2. The van der Waals surface area contributed by atoms with Crippen LogP contribution in [0.3, 0.4) is 0 Å². The second-order valence-corrected chi connectivity index (χ2v) is 4.50. The third kappa shape index (κ3) is 2.62. The van der Waals surface area contributed by atoms with Gasteiger partial charge in [-0.2, -0.15) is 0 Å². The van der Waals surface area contributed by atoms with Crippen LogP contribution in [0.25, 0.3) is 0 Å². The first kappa shape index (κ1) is 12.4. The zero-order valence-electron chi connectivity index (χ0n) is 9.21. The van der Waals surface area contributed by atoms with Crippen molar-refractivity contribution in [2.75, 3.05) is 17.7 Å². The summed E-state index contributed by atoms with van der Waals surface area (Å²) in [6.07, 6.45) is 0. The second kappa shape index (κ2) is 5.09. The Bertz CT molecular complexity index is 484. The van der Waals surface area contributed by atoms with Gasteiger partial charge in [-0.15, -0.1) is 0 Å². The van der Waals surface area contributed by atoms with Crippen LogP contribution < -0.4 is 10.4 Å². The molecule has 0 atom stereocenters. The van der Waals surface area contributed by atoms with Crippen LogP contribution in [0, 0.1) is 0 Å². The smallest absolute Gasteiger partial charge is 0.290 e. The zero-order valence-corrected chi connectivity index (χ0v) is 10.0. The molecule has 6 nitrogen and oxygen atoms in total. The molecule has 18 heavy (non-hydrogen) atoms. The summed E-state index contributed by atoms with van der Waals surface area (Å²) in [5.74, 6) is -1.31. The number of carboxylic acids is 1. The van der Waals surface area contributed by atoms with Gasteiger partial charge in [0, 0.05) is 5.69 Å². The summed E-state index contributed by atoms with van der Waals surface area (Å²) < 4.78 is 0. The predicted octanol–water partition coefficient (Wildman–Crippen LogP) is 0.115. The van der Waals surface area contributed by atoms with Crippen molar-refractivity contribution in [1.29, 1.82) is 0 Å². The van der Waals surface area contributed by atoms with Crippen molar-refractivity contribution in [1.82, 2.24) is 4.90 Å². The van der Waals surface area contributed by atoms with E-state index in [-0.39, 0.29) is 29.1 Å². The molecule has 1 saturated heterocycles. The lowest BCUT2D eigenvalue weighted by Gasteiger charge is -2.14. The highest BCUT2D eigenvalue weighted by atomic mass is 32.2. The van der Waals surface area contributed by atoms with Crippen LogP contribution in [-0.2, 0) is 4.79 Å². The lowest BCUT2D eigenvalue weighted by Crippen LogP contribution is -2.33. The van der Waals surface area contributed by atoms with E-state index < -0.39 is 5.97 Å². The van der Waals surface area contributed by atoms with Gasteiger partial charge in [0.15, 0.2) is 0 Å². The molecule has 1 aliphatic heterocycles. The van der Waals surface area contributed by atoms with Gasteiger partial charge in [-0.05, 0) is 17.7 Å². The molecule has 0 aliphatic carbocycles. The number of hydrogen-bond acceptors (Lipinski definition) is 6. The molecule has 0 unspecified atom stereocenters. The molecule has 0 saturated carbocycles. The van der Waals surface area contributed by atoms with Crippen molar-refractivity contribution in [3.8, 4) is 0 Å². The monoisotopic (exact) mass is 265 g/mol. The van der Waals surface area contributed by atoms with Gasteiger partial charge in [-0.25, -0.2) is 0 Å². The van der Waals surface area contributed by atoms with Gasteiger partial charge in [-0.3, -0.25) is 14.5 Å². The van der Waals surface area contributed by atoms with Crippen molar-refractivity contribution >= 4 is 34.6 Å². The molecule has 1 heterocycles. The molecule has 2 amide bonds. The lowest BCUT2D eigenvalue weighted by atomic mass is 10.2. The van der Waals surface area contributed by atoms with Crippen molar-refractivity contribution in [2.24, 2.45) is 0 Å². The summed E-state index contributed by atoms with van der Waals surface area (Å²) in [6, 6.07) is 5.87. The summed E-state index contributed by atoms with van der Waals surface area (Å²) >= 11 is 0.966. The minimum absolute atomic E-state index is 0.0735. The minimum Gasteiger partial charge on any atom is -0.545 e. The molecule has 1 fully saturated rings. The van der Waals surface area contributed by atoms with E-state index >= 15 is 0 Å². The van der Waals surface area contributed by atoms with Crippen LogP contribution in [0.4, 0.5) is 10.5 Å². The molecule has 0 bridgehead atoms. The van der Waals surface area contributed by atoms with Gasteiger partial charge < -0.3 is 15.2 Å². The zero-order chi connectivity index (χ0) is 13.1. The maximum Gasteiger partial charge on any atom is 0.290 e. The summed E-state index contributed by atoms with van der Waals surface area (Å²) in [7, 11) is 0. The van der Waals surface area contributed by atoms with Crippen molar-refractivity contribution in [3.05, 3.63) is 29.8 Å². The highest BCUT2D eigenvalue weighted by molar-refractivity contribution is 8.14. The van der Waals surface area contributed by atoms with E-state index in [0.717, 1.165) is 16.7 Å².